The van der Waals surface area contributed by atoms with Crippen LogP contribution in [-0.2, 0) is 13.5 Å². The van der Waals surface area contributed by atoms with Crippen LogP contribution in [0.3, 0.4) is 0 Å². The predicted octanol–water partition coefficient (Wildman–Crippen LogP) is 1.14. The average Bonchev–Trinajstić information content (AvgIpc) is 2.64. The molecule has 6 heteroatoms. The maximum Gasteiger partial charge on any atom is 0.0862 e. The van der Waals surface area contributed by atoms with Gasteiger partial charge in [-0.05, 0) is 6.07 Å². The Hall–Kier alpha value is -1.46. The molecule has 0 amide bonds. The van der Waals surface area contributed by atoms with E-state index in [4.69, 9.17) is 11.6 Å². The van der Waals surface area contributed by atoms with Gasteiger partial charge in [-0.25, -0.2) is 0 Å². The van der Waals surface area contributed by atoms with Crippen LogP contribution >= 0.6 is 11.6 Å². The fraction of sp³-hybridized carbons (Fsp3) is 0.300. The number of rotatable bonds is 3. The number of pyridine rings is 1. The minimum Gasteiger partial charge on any atom is -0.388 e. The van der Waals surface area contributed by atoms with Crippen LogP contribution in [0.1, 0.15) is 17.4 Å². The molecule has 0 aliphatic carbocycles. The number of halogens is 1. The van der Waals surface area contributed by atoms with E-state index in [2.05, 4.69) is 15.3 Å². The van der Waals surface area contributed by atoms with Crippen LogP contribution in [0.25, 0.3) is 0 Å². The molecular weight excluding hydrogens is 228 g/mol. The smallest absolute Gasteiger partial charge is 0.0862 e. The fourth-order valence-corrected chi connectivity index (χ4v) is 1.70. The number of aliphatic hydroxyl groups is 1. The molecule has 0 aliphatic heterocycles. The van der Waals surface area contributed by atoms with Crippen LogP contribution in [-0.4, -0.2) is 25.1 Å². The van der Waals surface area contributed by atoms with Gasteiger partial charge in [0.2, 0.25) is 0 Å². The molecule has 1 N–H and O–H groups in total. The lowest BCUT2D eigenvalue weighted by molar-refractivity contribution is 0.177. The summed E-state index contributed by atoms with van der Waals surface area (Å²) in [5, 5.41) is 18.1. The van der Waals surface area contributed by atoms with Crippen molar-refractivity contribution in [2.75, 3.05) is 0 Å². The van der Waals surface area contributed by atoms with Crippen molar-refractivity contribution in [3.05, 3.63) is 40.9 Å². The minimum absolute atomic E-state index is 0.386. The summed E-state index contributed by atoms with van der Waals surface area (Å²) < 4.78 is 1.59. The summed E-state index contributed by atoms with van der Waals surface area (Å²) in [6, 6.07) is 1.70. The quantitative estimate of drug-likeness (QED) is 0.871. The van der Waals surface area contributed by atoms with E-state index >= 15 is 0 Å². The van der Waals surface area contributed by atoms with Gasteiger partial charge >= 0.3 is 0 Å². The lowest BCUT2D eigenvalue weighted by atomic mass is 10.1. The lowest BCUT2D eigenvalue weighted by Crippen LogP contribution is -2.03. The largest absolute Gasteiger partial charge is 0.388 e. The van der Waals surface area contributed by atoms with Gasteiger partial charge in [-0.2, -0.15) is 0 Å². The molecular formula is C10H11ClN4O. The zero-order valence-corrected chi connectivity index (χ0v) is 9.46. The first-order chi connectivity index (χ1) is 7.66. The third-order valence-electron chi connectivity index (χ3n) is 2.22. The van der Waals surface area contributed by atoms with Crippen LogP contribution in [0.5, 0.6) is 0 Å². The number of hydrogen-bond donors (Lipinski definition) is 1. The standard InChI is InChI=1S/C10H11ClN4O/c1-15-6-7(13-14-15)4-10(16)8-2-3-12-5-9(8)11/h2-3,5-6,10,16H,4H2,1H3. The Morgan fingerprint density at radius 1 is 1.56 bits per heavy atom. The third kappa shape index (κ3) is 2.37. The van der Waals surface area contributed by atoms with Gasteiger partial charge in [0.1, 0.15) is 0 Å². The molecule has 2 aromatic rings. The normalized spacial score (nSPS) is 12.7. The van der Waals surface area contributed by atoms with Crippen molar-refractivity contribution < 1.29 is 5.11 Å². The summed E-state index contributed by atoms with van der Waals surface area (Å²) in [6.07, 6.45) is 4.57. The Kier molecular flexibility index (Phi) is 3.17. The number of aromatic nitrogens is 4. The zero-order valence-electron chi connectivity index (χ0n) is 8.71. The van der Waals surface area contributed by atoms with E-state index in [0.717, 1.165) is 5.69 Å². The Labute approximate surface area is 97.7 Å². The van der Waals surface area contributed by atoms with Gasteiger partial charge in [0.05, 0.1) is 16.8 Å². The highest BCUT2D eigenvalue weighted by Crippen LogP contribution is 2.23. The van der Waals surface area contributed by atoms with Crippen LogP contribution in [0, 0.1) is 0 Å². The van der Waals surface area contributed by atoms with Crippen molar-refractivity contribution in [1.29, 1.82) is 0 Å². The first kappa shape index (κ1) is 11.0. The molecule has 0 bridgehead atoms. The maximum atomic E-state index is 9.97. The lowest BCUT2D eigenvalue weighted by Gasteiger charge is -2.09. The van der Waals surface area contributed by atoms with Gasteiger partial charge in [0, 0.05) is 37.6 Å². The first-order valence-electron chi connectivity index (χ1n) is 4.79. The molecule has 2 heterocycles. The second kappa shape index (κ2) is 4.59. The summed E-state index contributed by atoms with van der Waals surface area (Å²) in [5.41, 5.74) is 1.38. The number of aliphatic hydroxyl groups excluding tert-OH is 1. The number of aryl methyl sites for hydroxylation is 1. The van der Waals surface area contributed by atoms with Crippen molar-refractivity contribution in [3.63, 3.8) is 0 Å². The molecule has 0 spiro atoms. The van der Waals surface area contributed by atoms with Gasteiger partial charge in [-0.1, -0.05) is 16.8 Å². The average molecular weight is 239 g/mol. The van der Waals surface area contributed by atoms with Gasteiger partial charge in [-0.3, -0.25) is 9.67 Å². The Bertz CT molecular complexity index is 485. The molecule has 1 atom stereocenters. The maximum absolute atomic E-state index is 9.97. The van der Waals surface area contributed by atoms with E-state index in [1.165, 1.54) is 6.20 Å². The zero-order chi connectivity index (χ0) is 11.5. The monoisotopic (exact) mass is 238 g/mol. The van der Waals surface area contributed by atoms with Crippen molar-refractivity contribution in [2.24, 2.45) is 7.05 Å². The highest BCUT2D eigenvalue weighted by Gasteiger charge is 2.13. The summed E-state index contributed by atoms with van der Waals surface area (Å²) in [4.78, 5) is 3.86. The molecule has 1 unspecified atom stereocenters. The first-order valence-corrected chi connectivity index (χ1v) is 5.17. The van der Waals surface area contributed by atoms with Crippen LogP contribution in [0.2, 0.25) is 5.02 Å². The van der Waals surface area contributed by atoms with Crippen molar-refractivity contribution >= 4 is 11.6 Å². The van der Waals surface area contributed by atoms with Gasteiger partial charge in [0.15, 0.2) is 0 Å². The van der Waals surface area contributed by atoms with Crippen molar-refractivity contribution in [2.45, 2.75) is 12.5 Å². The molecule has 0 radical (unpaired) electrons. The van der Waals surface area contributed by atoms with E-state index in [9.17, 15) is 5.11 Å². The van der Waals surface area contributed by atoms with Gasteiger partial charge in [0.25, 0.3) is 0 Å². The number of nitrogens with zero attached hydrogens (tertiary/aromatic N) is 4. The molecule has 84 valence electrons. The summed E-state index contributed by atoms with van der Waals surface area (Å²) in [7, 11) is 1.78. The summed E-state index contributed by atoms with van der Waals surface area (Å²) >= 11 is 5.93. The van der Waals surface area contributed by atoms with E-state index in [0.29, 0.717) is 17.0 Å². The van der Waals surface area contributed by atoms with Gasteiger partial charge in [-0.15, -0.1) is 5.10 Å². The topological polar surface area (TPSA) is 63.8 Å². The second-order valence-electron chi connectivity index (χ2n) is 3.50. The number of hydrogen-bond acceptors (Lipinski definition) is 4. The molecule has 2 aromatic heterocycles. The molecule has 16 heavy (non-hydrogen) atoms. The molecule has 0 saturated heterocycles. The minimum atomic E-state index is -0.688. The predicted molar refractivity (Wildman–Crippen MR) is 58.9 cm³/mol. The Morgan fingerprint density at radius 3 is 3.00 bits per heavy atom. The van der Waals surface area contributed by atoms with E-state index in [-0.39, 0.29) is 0 Å². The van der Waals surface area contributed by atoms with E-state index < -0.39 is 6.10 Å². The molecule has 2 rings (SSSR count). The Morgan fingerprint density at radius 2 is 2.38 bits per heavy atom. The summed E-state index contributed by atoms with van der Waals surface area (Å²) in [6.45, 7) is 0. The summed E-state index contributed by atoms with van der Waals surface area (Å²) in [5.74, 6) is 0. The highest BCUT2D eigenvalue weighted by molar-refractivity contribution is 6.31. The molecule has 5 nitrogen and oxygen atoms in total. The molecule has 0 aromatic carbocycles. The Balaban J connectivity index is 2.14. The van der Waals surface area contributed by atoms with E-state index in [1.54, 1.807) is 30.2 Å². The van der Waals surface area contributed by atoms with Crippen LogP contribution < -0.4 is 0 Å². The molecule has 0 aliphatic rings. The SMILES string of the molecule is Cn1cc(CC(O)c2ccncc2Cl)nn1. The van der Waals surface area contributed by atoms with Crippen LogP contribution in [0.15, 0.2) is 24.7 Å². The van der Waals surface area contributed by atoms with Crippen molar-refractivity contribution in [3.8, 4) is 0 Å². The molecule has 0 fully saturated rings. The highest BCUT2D eigenvalue weighted by atomic mass is 35.5. The third-order valence-corrected chi connectivity index (χ3v) is 2.53. The van der Waals surface area contributed by atoms with Crippen LogP contribution in [0.4, 0.5) is 0 Å². The fourth-order valence-electron chi connectivity index (χ4n) is 1.45. The molecule has 0 saturated carbocycles. The van der Waals surface area contributed by atoms with Crippen molar-refractivity contribution in [1.82, 2.24) is 20.0 Å². The van der Waals surface area contributed by atoms with E-state index in [1.807, 2.05) is 0 Å². The van der Waals surface area contributed by atoms with Gasteiger partial charge < -0.3 is 5.11 Å². The second-order valence-corrected chi connectivity index (χ2v) is 3.91.